The minimum atomic E-state index is -0.141. The Morgan fingerprint density at radius 1 is 1.40 bits per heavy atom. The molecule has 0 aromatic heterocycles. The molecule has 20 heavy (non-hydrogen) atoms. The number of hydrogen-bond donors (Lipinski definition) is 1. The minimum Gasteiger partial charge on any atom is -0.379 e. The number of benzene rings is 1. The maximum atomic E-state index is 12.1. The highest BCUT2D eigenvalue weighted by atomic mass is 16.5. The summed E-state index contributed by atoms with van der Waals surface area (Å²) in [6.45, 7) is 5.37. The monoisotopic (exact) mass is 273 g/mol. The summed E-state index contributed by atoms with van der Waals surface area (Å²) in [5.74, 6) is 0.0243. The van der Waals surface area contributed by atoms with E-state index in [2.05, 4.69) is 16.3 Å². The lowest BCUT2D eigenvalue weighted by Gasteiger charge is -2.31. The number of nitrogens with one attached hydrogen (secondary N) is 1. The van der Waals surface area contributed by atoms with Crippen LogP contribution >= 0.6 is 0 Å². The van der Waals surface area contributed by atoms with Crippen LogP contribution in [0.15, 0.2) is 24.3 Å². The number of carbonyl (C=O) groups is 1. The van der Waals surface area contributed by atoms with Gasteiger partial charge in [0.2, 0.25) is 5.91 Å². The molecule has 0 bridgehead atoms. The Labute approximate surface area is 119 Å². The molecule has 5 nitrogen and oxygen atoms in total. The average molecular weight is 273 g/mol. The van der Waals surface area contributed by atoms with E-state index in [1.165, 1.54) is 0 Å². The fourth-order valence-electron chi connectivity index (χ4n) is 2.16. The van der Waals surface area contributed by atoms with Crippen molar-refractivity contribution in [1.29, 1.82) is 5.26 Å². The Hall–Kier alpha value is -1.90. The normalized spacial score (nSPS) is 17.2. The first kappa shape index (κ1) is 14.5. The molecular formula is C15H19N3O2. The molecule has 1 aliphatic heterocycles. The van der Waals surface area contributed by atoms with Gasteiger partial charge in [0, 0.05) is 19.6 Å². The molecule has 1 aromatic carbocycles. The zero-order valence-electron chi connectivity index (χ0n) is 11.6. The maximum Gasteiger partial charge on any atom is 0.237 e. The summed E-state index contributed by atoms with van der Waals surface area (Å²) in [4.78, 5) is 14.2. The second-order valence-corrected chi connectivity index (χ2v) is 4.85. The third kappa shape index (κ3) is 3.80. The summed E-state index contributed by atoms with van der Waals surface area (Å²) >= 11 is 0. The molecule has 1 aliphatic rings. The lowest BCUT2D eigenvalue weighted by atomic mass is 10.1. The molecule has 0 radical (unpaired) electrons. The number of ether oxygens (including phenoxy) is 1. The van der Waals surface area contributed by atoms with Crippen LogP contribution in [-0.2, 0) is 16.1 Å². The van der Waals surface area contributed by atoms with Gasteiger partial charge in [-0.15, -0.1) is 0 Å². The van der Waals surface area contributed by atoms with Gasteiger partial charge in [-0.05, 0) is 24.6 Å². The first-order valence-electron chi connectivity index (χ1n) is 6.79. The van der Waals surface area contributed by atoms with Gasteiger partial charge in [-0.1, -0.05) is 12.1 Å². The lowest BCUT2D eigenvalue weighted by Crippen LogP contribution is -2.49. The van der Waals surface area contributed by atoms with Gasteiger partial charge in [-0.3, -0.25) is 9.69 Å². The van der Waals surface area contributed by atoms with Gasteiger partial charge in [-0.25, -0.2) is 0 Å². The standard InChI is InChI=1S/C15H19N3O2/c1-12(18-6-8-20-9-7-18)15(19)17-11-14-4-2-13(10-16)3-5-14/h2-5,12H,6-9,11H2,1H3,(H,17,19). The second-order valence-electron chi connectivity index (χ2n) is 4.85. The van der Waals surface area contributed by atoms with Crippen LogP contribution in [-0.4, -0.2) is 43.2 Å². The van der Waals surface area contributed by atoms with Crippen molar-refractivity contribution in [2.24, 2.45) is 0 Å². The molecule has 0 saturated carbocycles. The summed E-state index contributed by atoms with van der Waals surface area (Å²) < 4.78 is 5.28. The van der Waals surface area contributed by atoms with Crippen molar-refractivity contribution in [2.75, 3.05) is 26.3 Å². The van der Waals surface area contributed by atoms with E-state index in [-0.39, 0.29) is 11.9 Å². The number of amides is 1. The number of rotatable bonds is 4. The zero-order chi connectivity index (χ0) is 14.4. The smallest absolute Gasteiger partial charge is 0.237 e. The van der Waals surface area contributed by atoms with E-state index in [4.69, 9.17) is 10.00 Å². The molecule has 1 atom stereocenters. The first-order chi connectivity index (χ1) is 9.70. The zero-order valence-corrected chi connectivity index (χ0v) is 11.6. The fourth-order valence-corrected chi connectivity index (χ4v) is 2.16. The van der Waals surface area contributed by atoms with Crippen LogP contribution < -0.4 is 5.32 Å². The molecule has 1 N–H and O–H groups in total. The first-order valence-corrected chi connectivity index (χ1v) is 6.79. The van der Waals surface area contributed by atoms with Gasteiger partial charge in [0.05, 0.1) is 30.9 Å². The number of nitrogens with zero attached hydrogens (tertiary/aromatic N) is 2. The molecular weight excluding hydrogens is 254 g/mol. The molecule has 1 saturated heterocycles. The van der Waals surface area contributed by atoms with Crippen molar-refractivity contribution in [3.63, 3.8) is 0 Å². The highest BCUT2D eigenvalue weighted by molar-refractivity contribution is 5.81. The molecule has 0 aliphatic carbocycles. The molecule has 1 amide bonds. The Kier molecular flexibility index (Phi) is 5.10. The quantitative estimate of drug-likeness (QED) is 0.885. The van der Waals surface area contributed by atoms with Gasteiger partial charge in [-0.2, -0.15) is 5.26 Å². The van der Waals surface area contributed by atoms with Gasteiger partial charge in [0.25, 0.3) is 0 Å². The van der Waals surface area contributed by atoms with Gasteiger partial charge >= 0.3 is 0 Å². The van der Waals surface area contributed by atoms with Crippen LogP contribution in [0.2, 0.25) is 0 Å². The van der Waals surface area contributed by atoms with Gasteiger partial charge < -0.3 is 10.1 Å². The Bertz CT molecular complexity index is 487. The van der Waals surface area contributed by atoms with Crippen LogP contribution in [0.1, 0.15) is 18.1 Å². The van der Waals surface area contributed by atoms with Crippen molar-refractivity contribution >= 4 is 5.91 Å². The number of nitriles is 1. The Morgan fingerprint density at radius 2 is 2.05 bits per heavy atom. The summed E-state index contributed by atoms with van der Waals surface area (Å²) in [6.07, 6.45) is 0. The van der Waals surface area contributed by atoms with Gasteiger partial charge in [0.1, 0.15) is 0 Å². The van der Waals surface area contributed by atoms with Crippen LogP contribution in [0.5, 0.6) is 0 Å². The second kappa shape index (κ2) is 7.04. The fraction of sp³-hybridized carbons (Fsp3) is 0.467. The molecule has 106 valence electrons. The summed E-state index contributed by atoms with van der Waals surface area (Å²) in [7, 11) is 0. The van der Waals surface area contributed by atoms with Crippen LogP contribution in [0.25, 0.3) is 0 Å². The molecule has 1 unspecified atom stereocenters. The predicted molar refractivity (Wildman–Crippen MR) is 74.9 cm³/mol. The molecule has 2 rings (SSSR count). The van der Waals surface area contributed by atoms with E-state index in [1.807, 2.05) is 19.1 Å². The number of hydrogen-bond acceptors (Lipinski definition) is 4. The Balaban J connectivity index is 1.83. The van der Waals surface area contributed by atoms with Gasteiger partial charge in [0.15, 0.2) is 0 Å². The van der Waals surface area contributed by atoms with E-state index in [9.17, 15) is 4.79 Å². The van der Waals surface area contributed by atoms with Crippen LogP contribution in [0.4, 0.5) is 0 Å². The largest absolute Gasteiger partial charge is 0.379 e. The third-order valence-electron chi connectivity index (χ3n) is 3.52. The highest BCUT2D eigenvalue weighted by Crippen LogP contribution is 2.06. The number of carbonyl (C=O) groups excluding carboxylic acids is 1. The molecule has 5 heteroatoms. The maximum absolute atomic E-state index is 12.1. The SMILES string of the molecule is CC(C(=O)NCc1ccc(C#N)cc1)N1CCOCC1. The third-order valence-corrected chi connectivity index (χ3v) is 3.52. The van der Waals surface area contributed by atoms with Crippen molar-refractivity contribution < 1.29 is 9.53 Å². The van der Waals surface area contributed by atoms with Crippen molar-refractivity contribution in [1.82, 2.24) is 10.2 Å². The number of morpholine rings is 1. The van der Waals surface area contributed by atoms with E-state index >= 15 is 0 Å². The van der Waals surface area contributed by atoms with Crippen molar-refractivity contribution in [2.45, 2.75) is 19.5 Å². The molecule has 0 spiro atoms. The van der Waals surface area contributed by atoms with E-state index in [1.54, 1.807) is 12.1 Å². The topological polar surface area (TPSA) is 65.4 Å². The van der Waals surface area contributed by atoms with Crippen molar-refractivity contribution in [3.05, 3.63) is 35.4 Å². The molecule has 1 heterocycles. The van der Waals surface area contributed by atoms with Crippen LogP contribution in [0.3, 0.4) is 0 Å². The summed E-state index contributed by atoms with van der Waals surface area (Å²) in [6, 6.07) is 9.17. The highest BCUT2D eigenvalue weighted by Gasteiger charge is 2.22. The summed E-state index contributed by atoms with van der Waals surface area (Å²) in [5, 5.41) is 11.7. The lowest BCUT2D eigenvalue weighted by molar-refractivity contribution is -0.127. The predicted octanol–water partition coefficient (Wildman–Crippen LogP) is 0.895. The van der Waals surface area contributed by atoms with E-state index in [0.29, 0.717) is 25.3 Å². The summed E-state index contributed by atoms with van der Waals surface area (Å²) in [5.41, 5.74) is 1.62. The molecule has 1 aromatic rings. The van der Waals surface area contributed by atoms with Crippen LogP contribution in [0, 0.1) is 11.3 Å². The van der Waals surface area contributed by atoms with Crippen molar-refractivity contribution in [3.8, 4) is 6.07 Å². The average Bonchev–Trinajstić information content (AvgIpc) is 2.53. The minimum absolute atomic E-state index is 0.0243. The Morgan fingerprint density at radius 3 is 2.65 bits per heavy atom. The van der Waals surface area contributed by atoms with E-state index in [0.717, 1.165) is 18.7 Å². The molecule has 1 fully saturated rings. The van der Waals surface area contributed by atoms with E-state index < -0.39 is 0 Å².